The number of hydrogen-bond donors (Lipinski definition) is 2. The molecule has 0 heterocycles. The second kappa shape index (κ2) is 4.02. The molecule has 0 aliphatic rings. The van der Waals surface area contributed by atoms with Gasteiger partial charge in [-0.25, -0.2) is 0 Å². The summed E-state index contributed by atoms with van der Waals surface area (Å²) in [5.41, 5.74) is 0. The zero-order valence-electron chi connectivity index (χ0n) is 6.76. The van der Waals surface area contributed by atoms with Crippen molar-refractivity contribution in [3.8, 4) is 11.5 Å². The van der Waals surface area contributed by atoms with Crippen molar-refractivity contribution in [1.82, 2.24) is 0 Å². The van der Waals surface area contributed by atoms with Crippen molar-refractivity contribution >= 4 is 10.1 Å². The topological polar surface area (TPSA) is 97.7 Å². The van der Waals surface area contributed by atoms with Crippen LogP contribution in [-0.4, -0.2) is 18.1 Å². The number of benzene rings is 1. The van der Waals surface area contributed by atoms with E-state index in [4.69, 9.17) is 9.66 Å². The van der Waals surface area contributed by atoms with Crippen LogP contribution in [0.2, 0.25) is 0 Å². The van der Waals surface area contributed by atoms with Crippen molar-refractivity contribution in [2.24, 2.45) is 0 Å². The summed E-state index contributed by atoms with van der Waals surface area (Å²) in [5.74, 6) is -1.68. The van der Waals surface area contributed by atoms with Crippen LogP contribution in [0.5, 0.6) is 11.5 Å². The SMILES string of the molecule is O=S(=O)(O)c1c([O-])cccc1O.[Li+]. The van der Waals surface area contributed by atoms with Crippen LogP contribution >= 0.6 is 0 Å². The molecule has 5 nitrogen and oxygen atoms in total. The molecule has 0 fully saturated rings. The van der Waals surface area contributed by atoms with Crippen LogP contribution < -0.4 is 24.0 Å². The summed E-state index contributed by atoms with van der Waals surface area (Å²) >= 11 is 0. The van der Waals surface area contributed by atoms with Gasteiger partial charge in [0.15, 0.2) is 0 Å². The first-order valence-corrected chi connectivity index (χ1v) is 4.33. The van der Waals surface area contributed by atoms with Gasteiger partial charge in [0.05, 0.1) is 0 Å². The van der Waals surface area contributed by atoms with Crippen molar-refractivity contribution in [3.63, 3.8) is 0 Å². The average molecular weight is 196 g/mol. The van der Waals surface area contributed by atoms with E-state index in [0.29, 0.717) is 0 Å². The summed E-state index contributed by atoms with van der Waals surface area (Å²) in [6, 6.07) is 3.12. The van der Waals surface area contributed by atoms with Crippen LogP contribution in [0.15, 0.2) is 23.1 Å². The molecular formula is C6H5LiO5S. The summed E-state index contributed by atoms with van der Waals surface area (Å²) in [7, 11) is -4.63. The maximum absolute atomic E-state index is 10.8. The summed E-state index contributed by atoms with van der Waals surface area (Å²) in [4.78, 5) is -0.981. The Morgan fingerprint density at radius 3 is 2.15 bits per heavy atom. The van der Waals surface area contributed by atoms with Gasteiger partial charge < -0.3 is 10.2 Å². The van der Waals surface area contributed by atoms with E-state index in [-0.39, 0.29) is 18.9 Å². The molecule has 0 radical (unpaired) electrons. The van der Waals surface area contributed by atoms with Gasteiger partial charge in [0, 0.05) is 0 Å². The Kier molecular flexibility index (Phi) is 3.82. The zero-order valence-corrected chi connectivity index (χ0v) is 7.58. The van der Waals surface area contributed by atoms with Gasteiger partial charge in [0.1, 0.15) is 10.6 Å². The van der Waals surface area contributed by atoms with E-state index >= 15 is 0 Å². The number of phenolic OH excluding ortho intramolecular Hbond substituents is 1. The predicted octanol–water partition coefficient (Wildman–Crippen LogP) is -3.28. The Balaban J connectivity index is 0.00000144. The Morgan fingerprint density at radius 1 is 1.31 bits per heavy atom. The van der Waals surface area contributed by atoms with Crippen molar-refractivity contribution in [2.45, 2.75) is 4.90 Å². The third-order valence-electron chi connectivity index (χ3n) is 1.22. The Labute approximate surface area is 86.9 Å². The van der Waals surface area contributed by atoms with Gasteiger partial charge in [0.25, 0.3) is 10.1 Å². The van der Waals surface area contributed by atoms with Crippen LogP contribution in [0, 0.1) is 0 Å². The van der Waals surface area contributed by atoms with Crippen molar-refractivity contribution in [1.29, 1.82) is 0 Å². The molecule has 0 saturated heterocycles. The average Bonchev–Trinajstić information content (AvgIpc) is 1.82. The molecule has 0 amide bonds. The van der Waals surface area contributed by atoms with E-state index in [1.165, 1.54) is 6.07 Å². The fourth-order valence-electron chi connectivity index (χ4n) is 0.764. The molecule has 0 aliphatic heterocycles. The molecule has 1 aromatic carbocycles. The van der Waals surface area contributed by atoms with E-state index in [9.17, 15) is 13.5 Å². The van der Waals surface area contributed by atoms with E-state index in [1.54, 1.807) is 0 Å². The first-order valence-electron chi connectivity index (χ1n) is 2.89. The first-order chi connectivity index (χ1) is 5.43. The molecule has 1 aromatic rings. The molecule has 0 atom stereocenters. The Bertz CT molecular complexity index is 379. The molecule has 0 unspecified atom stereocenters. The smallest absolute Gasteiger partial charge is 0.871 e. The number of hydrogen-bond acceptors (Lipinski definition) is 4. The molecule has 0 aromatic heterocycles. The van der Waals surface area contributed by atoms with Gasteiger partial charge in [0.2, 0.25) is 0 Å². The van der Waals surface area contributed by atoms with Gasteiger partial charge in [-0.2, -0.15) is 8.42 Å². The molecule has 2 N–H and O–H groups in total. The van der Waals surface area contributed by atoms with Crippen LogP contribution in [0.3, 0.4) is 0 Å². The molecule has 66 valence electrons. The summed E-state index contributed by atoms with van der Waals surface area (Å²) in [6.45, 7) is 0. The third-order valence-corrected chi connectivity index (χ3v) is 2.14. The number of aromatic hydroxyl groups is 1. The second-order valence-corrected chi connectivity index (χ2v) is 3.44. The Morgan fingerprint density at radius 2 is 1.85 bits per heavy atom. The minimum absolute atomic E-state index is 0. The maximum Gasteiger partial charge on any atom is 1.00 e. The fourth-order valence-corrected chi connectivity index (χ4v) is 1.42. The maximum atomic E-state index is 10.8. The molecule has 0 bridgehead atoms. The summed E-state index contributed by atoms with van der Waals surface area (Å²) in [5, 5.41) is 19.7. The van der Waals surface area contributed by atoms with E-state index in [2.05, 4.69) is 0 Å². The molecule has 7 heteroatoms. The van der Waals surface area contributed by atoms with Crippen LogP contribution in [-0.2, 0) is 10.1 Å². The predicted molar refractivity (Wildman–Crippen MR) is 37.4 cm³/mol. The van der Waals surface area contributed by atoms with Crippen molar-refractivity contribution in [3.05, 3.63) is 18.2 Å². The standard InChI is InChI=1S/C6H6O5S.Li/c7-4-2-1-3-5(8)6(4)12(9,10)11;/h1-3,7-8H,(H,9,10,11);/q;+1/p-1. The minimum atomic E-state index is -4.63. The van der Waals surface area contributed by atoms with Crippen LogP contribution in [0.4, 0.5) is 0 Å². The molecular weight excluding hydrogens is 191 g/mol. The van der Waals surface area contributed by atoms with Crippen LogP contribution in [0.1, 0.15) is 0 Å². The van der Waals surface area contributed by atoms with Crippen LogP contribution in [0.25, 0.3) is 0 Å². The van der Waals surface area contributed by atoms with E-state index in [0.717, 1.165) is 12.1 Å². The normalized spacial score (nSPS) is 10.5. The van der Waals surface area contributed by atoms with E-state index in [1.807, 2.05) is 0 Å². The number of rotatable bonds is 1. The van der Waals surface area contributed by atoms with Gasteiger partial charge >= 0.3 is 18.9 Å². The second-order valence-electron chi connectivity index (χ2n) is 2.08. The van der Waals surface area contributed by atoms with E-state index < -0.39 is 26.5 Å². The molecule has 13 heavy (non-hydrogen) atoms. The fraction of sp³-hybridized carbons (Fsp3) is 0. The first kappa shape index (κ1) is 12.3. The summed E-state index contributed by atoms with van der Waals surface area (Å²) < 4.78 is 29.4. The monoisotopic (exact) mass is 196 g/mol. The molecule has 1 rings (SSSR count). The molecule has 0 spiro atoms. The molecule has 0 aliphatic carbocycles. The zero-order chi connectivity index (χ0) is 9.35. The quantitative estimate of drug-likeness (QED) is 0.362. The minimum Gasteiger partial charge on any atom is -0.871 e. The largest absolute Gasteiger partial charge is 1.00 e. The van der Waals surface area contributed by atoms with Crippen molar-refractivity contribution < 1.29 is 42.0 Å². The summed E-state index contributed by atoms with van der Waals surface area (Å²) in [6.07, 6.45) is 0. The van der Waals surface area contributed by atoms with Gasteiger partial charge in [-0.05, 0) is 6.07 Å². The Hall–Kier alpha value is -0.673. The van der Waals surface area contributed by atoms with Gasteiger partial charge in [-0.1, -0.05) is 17.9 Å². The third kappa shape index (κ3) is 2.64. The number of phenols is 1. The van der Waals surface area contributed by atoms with Crippen molar-refractivity contribution in [2.75, 3.05) is 0 Å². The van der Waals surface area contributed by atoms with Gasteiger partial charge in [-0.3, -0.25) is 4.55 Å². The van der Waals surface area contributed by atoms with Gasteiger partial charge in [-0.15, -0.1) is 0 Å². The molecule has 0 saturated carbocycles.